The number of ether oxygens (including phenoxy) is 2. The molecule has 6 heteroatoms. The van der Waals surface area contributed by atoms with E-state index in [0.717, 1.165) is 12.2 Å². The lowest BCUT2D eigenvalue weighted by molar-refractivity contribution is -0.144. The van der Waals surface area contributed by atoms with Crippen LogP contribution >= 0.6 is 0 Å². The second-order valence-corrected chi connectivity index (χ2v) is 4.89. The maximum atomic E-state index is 12.0. The zero-order valence-electron chi connectivity index (χ0n) is 10.7. The van der Waals surface area contributed by atoms with Crippen molar-refractivity contribution in [1.29, 1.82) is 0 Å². The van der Waals surface area contributed by atoms with Crippen molar-refractivity contribution in [1.82, 2.24) is 10.3 Å². The Morgan fingerprint density at radius 3 is 3.26 bits per heavy atom. The van der Waals surface area contributed by atoms with Crippen LogP contribution in [0, 0.1) is 0 Å². The lowest BCUT2D eigenvalue weighted by Gasteiger charge is -2.41. The number of carbonyl (C=O) groups excluding carboxylic acids is 1. The third-order valence-corrected chi connectivity index (χ3v) is 3.44. The summed E-state index contributed by atoms with van der Waals surface area (Å²) in [5.74, 6) is -0.0390. The third kappa shape index (κ3) is 2.60. The first-order valence-corrected chi connectivity index (χ1v) is 6.42. The summed E-state index contributed by atoms with van der Waals surface area (Å²) in [6.07, 6.45) is 3.39. The molecule has 1 spiro atoms. The normalized spacial score (nSPS) is 28.4. The smallest absolute Gasteiger partial charge is 0.253 e. The van der Waals surface area contributed by atoms with Crippen LogP contribution < -0.4 is 10.2 Å². The number of carbonyl (C=O) groups is 1. The van der Waals surface area contributed by atoms with Crippen molar-refractivity contribution in [3.63, 3.8) is 0 Å². The minimum Gasteiger partial charge on any atom is -0.377 e. The summed E-state index contributed by atoms with van der Waals surface area (Å²) in [5, 5.41) is 3.29. The minimum atomic E-state index is -0.458. The Morgan fingerprint density at radius 1 is 1.47 bits per heavy atom. The molecule has 0 saturated carbocycles. The number of nitrogens with one attached hydrogen (secondary N) is 1. The van der Waals surface area contributed by atoms with Gasteiger partial charge in [-0.1, -0.05) is 0 Å². The van der Waals surface area contributed by atoms with Crippen LogP contribution in [0.4, 0.5) is 5.69 Å². The summed E-state index contributed by atoms with van der Waals surface area (Å²) in [6.45, 7) is 3.25. The van der Waals surface area contributed by atoms with Gasteiger partial charge in [-0.2, -0.15) is 0 Å². The predicted molar refractivity (Wildman–Crippen MR) is 69.0 cm³/mol. The summed E-state index contributed by atoms with van der Waals surface area (Å²) >= 11 is 0. The van der Waals surface area contributed by atoms with Gasteiger partial charge in [0, 0.05) is 19.3 Å². The molecule has 2 fully saturated rings. The molecule has 0 bridgehead atoms. The minimum absolute atomic E-state index is 0.0390. The number of pyridine rings is 1. The molecule has 0 unspecified atom stereocenters. The average Bonchev–Trinajstić information content (AvgIpc) is 2.69. The summed E-state index contributed by atoms with van der Waals surface area (Å²) < 4.78 is 11.3. The molecule has 19 heavy (non-hydrogen) atoms. The molecule has 3 heterocycles. The van der Waals surface area contributed by atoms with Crippen molar-refractivity contribution in [3.8, 4) is 0 Å². The van der Waals surface area contributed by atoms with Crippen molar-refractivity contribution >= 4 is 11.6 Å². The Balaban J connectivity index is 1.82. The van der Waals surface area contributed by atoms with Crippen LogP contribution in [0.5, 0.6) is 0 Å². The van der Waals surface area contributed by atoms with Crippen LogP contribution in [-0.2, 0) is 14.3 Å². The maximum absolute atomic E-state index is 12.0. The predicted octanol–water partition coefficient (Wildman–Crippen LogP) is -0.197. The van der Waals surface area contributed by atoms with E-state index in [1.54, 1.807) is 17.3 Å². The summed E-state index contributed by atoms with van der Waals surface area (Å²) in [5.41, 5.74) is 0.347. The first kappa shape index (κ1) is 12.5. The quantitative estimate of drug-likeness (QED) is 0.760. The molecule has 1 amide bonds. The largest absolute Gasteiger partial charge is 0.377 e. The van der Waals surface area contributed by atoms with E-state index in [9.17, 15) is 4.79 Å². The number of morpholine rings is 1. The Morgan fingerprint density at radius 2 is 2.42 bits per heavy atom. The van der Waals surface area contributed by atoms with Crippen LogP contribution in [0.1, 0.15) is 0 Å². The van der Waals surface area contributed by atoms with Crippen LogP contribution in [0.3, 0.4) is 0 Å². The molecule has 1 aromatic heterocycles. The number of nitrogens with zero attached hydrogens (tertiary/aromatic N) is 2. The molecular weight excluding hydrogens is 246 g/mol. The molecule has 0 radical (unpaired) electrons. The van der Waals surface area contributed by atoms with Gasteiger partial charge in [-0.3, -0.25) is 9.78 Å². The molecule has 1 N–H and O–H groups in total. The number of aromatic nitrogens is 1. The molecule has 102 valence electrons. The third-order valence-electron chi connectivity index (χ3n) is 3.44. The molecule has 3 rings (SSSR count). The van der Waals surface area contributed by atoms with Crippen LogP contribution in [0.15, 0.2) is 24.5 Å². The number of amides is 1. The summed E-state index contributed by atoms with van der Waals surface area (Å²) in [4.78, 5) is 17.8. The molecule has 1 aromatic rings. The number of anilines is 1. The van der Waals surface area contributed by atoms with Gasteiger partial charge in [-0.25, -0.2) is 0 Å². The Bertz CT molecular complexity index is 444. The number of rotatable bonds is 1. The van der Waals surface area contributed by atoms with E-state index in [1.165, 1.54) is 0 Å². The molecule has 6 nitrogen and oxygen atoms in total. The average molecular weight is 263 g/mol. The highest BCUT2D eigenvalue weighted by Gasteiger charge is 2.41. The van der Waals surface area contributed by atoms with E-state index >= 15 is 0 Å². The zero-order chi connectivity index (χ0) is 13.1. The standard InChI is InChI=1S/C13H17N3O3/c17-12-7-19-13(8-15-4-5-18-10-13)9-16(12)11-2-1-3-14-6-11/h1-3,6,15H,4-5,7-10H2/t13-/m1/s1. The fourth-order valence-electron chi connectivity index (χ4n) is 2.43. The Labute approximate surface area is 111 Å². The molecular formula is C13H17N3O3. The molecule has 2 saturated heterocycles. The van der Waals surface area contributed by atoms with Gasteiger partial charge in [0.1, 0.15) is 12.2 Å². The van der Waals surface area contributed by atoms with Crippen molar-refractivity contribution in [2.75, 3.05) is 44.4 Å². The van der Waals surface area contributed by atoms with E-state index in [-0.39, 0.29) is 12.5 Å². The first-order chi connectivity index (χ1) is 9.29. The molecule has 2 aliphatic rings. The van der Waals surface area contributed by atoms with Crippen molar-refractivity contribution < 1.29 is 14.3 Å². The molecule has 0 aliphatic carbocycles. The zero-order valence-corrected chi connectivity index (χ0v) is 10.7. The van der Waals surface area contributed by atoms with E-state index in [0.29, 0.717) is 26.3 Å². The van der Waals surface area contributed by atoms with Gasteiger partial charge in [0.2, 0.25) is 0 Å². The van der Waals surface area contributed by atoms with Gasteiger partial charge in [0.25, 0.3) is 5.91 Å². The number of hydrogen-bond donors (Lipinski definition) is 1. The monoisotopic (exact) mass is 263 g/mol. The fourth-order valence-corrected chi connectivity index (χ4v) is 2.43. The second kappa shape index (κ2) is 5.24. The molecule has 2 aliphatic heterocycles. The lowest BCUT2D eigenvalue weighted by atomic mass is 10.0. The second-order valence-electron chi connectivity index (χ2n) is 4.89. The van der Waals surface area contributed by atoms with Gasteiger partial charge in [0.15, 0.2) is 0 Å². The highest BCUT2D eigenvalue weighted by molar-refractivity contribution is 5.95. The van der Waals surface area contributed by atoms with Crippen LogP contribution in [0.2, 0.25) is 0 Å². The van der Waals surface area contributed by atoms with Crippen molar-refractivity contribution in [3.05, 3.63) is 24.5 Å². The Hall–Kier alpha value is -1.50. The SMILES string of the molecule is O=C1CO[C@]2(CNCCOC2)CN1c1cccnc1. The summed E-state index contributed by atoms with van der Waals surface area (Å²) in [7, 11) is 0. The molecule has 0 aromatic carbocycles. The van der Waals surface area contributed by atoms with Gasteiger partial charge >= 0.3 is 0 Å². The van der Waals surface area contributed by atoms with Crippen molar-refractivity contribution in [2.24, 2.45) is 0 Å². The van der Waals surface area contributed by atoms with Gasteiger partial charge < -0.3 is 19.7 Å². The highest BCUT2D eigenvalue weighted by atomic mass is 16.5. The number of hydrogen-bond acceptors (Lipinski definition) is 5. The van der Waals surface area contributed by atoms with E-state index in [2.05, 4.69) is 10.3 Å². The van der Waals surface area contributed by atoms with E-state index in [4.69, 9.17) is 9.47 Å². The van der Waals surface area contributed by atoms with E-state index in [1.807, 2.05) is 12.1 Å². The summed E-state index contributed by atoms with van der Waals surface area (Å²) in [6, 6.07) is 3.71. The van der Waals surface area contributed by atoms with Gasteiger partial charge in [-0.05, 0) is 12.1 Å². The van der Waals surface area contributed by atoms with Crippen molar-refractivity contribution in [2.45, 2.75) is 5.60 Å². The Kier molecular flexibility index (Phi) is 3.46. The van der Waals surface area contributed by atoms with Gasteiger partial charge in [0.05, 0.1) is 31.6 Å². The van der Waals surface area contributed by atoms with Gasteiger partial charge in [-0.15, -0.1) is 0 Å². The maximum Gasteiger partial charge on any atom is 0.253 e. The lowest BCUT2D eigenvalue weighted by Crippen LogP contribution is -2.60. The van der Waals surface area contributed by atoms with Crippen LogP contribution in [-0.4, -0.2) is 55.9 Å². The van der Waals surface area contributed by atoms with E-state index < -0.39 is 5.60 Å². The molecule has 1 atom stereocenters. The first-order valence-electron chi connectivity index (χ1n) is 6.42. The topological polar surface area (TPSA) is 63.7 Å². The fraction of sp³-hybridized carbons (Fsp3) is 0.538. The highest BCUT2D eigenvalue weighted by Crippen LogP contribution is 2.24. The van der Waals surface area contributed by atoms with Crippen LogP contribution in [0.25, 0.3) is 0 Å².